The summed E-state index contributed by atoms with van der Waals surface area (Å²) in [5.41, 5.74) is 2.65. The highest BCUT2D eigenvalue weighted by Gasteiger charge is 2.32. The maximum absolute atomic E-state index is 3.86. The van der Waals surface area contributed by atoms with E-state index < -0.39 is 0 Å². The molecule has 2 aliphatic rings. The Morgan fingerprint density at radius 2 is 1.90 bits per heavy atom. The molecule has 2 N–H and O–H groups in total. The van der Waals surface area contributed by atoms with Gasteiger partial charge >= 0.3 is 0 Å². The molecule has 1 aromatic carbocycles. The van der Waals surface area contributed by atoms with Crippen molar-refractivity contribution in [2.75, 3.05) is 11.9 Å². The second-order valence-corrected chi connectivity index (χ2v) is 7.63. The fourth-order valence-corrected chi connectivity index (χ4v) is 4.53. The number of aryl methyl sites for hydroxylation is 1. The highest BCUT2D eigenvalue weighted by molar-refractivity contribution is 9.10. The van der Waals surface area contributed by atoms with Crippen LogP contribution in [0.5, 0.6) is 0 Å². The van der Waals surface area contributed by atoms with Crippen LogP contribution in [0.1, 0.15) is 50.5 Å². The van der Waals surface area contributed by atoms with Crippen molar-refractivity contribution in [1.29, 1.82) is 0 Å². The van der Waals surface area contributed by atoms with E-state index in [2.05, 4.69) is 51.7 Å². The summed E-state index contributed by atoms with van der Waals surface area (Å²) in [4.78, 5) is 0. The van der Waals surface area contributed by atoms with Gasteiger partial charge in [0.2, 0.25) is 0 Å². The third-order valence-electron chi connectivity index (χ3n) is 5.21. The molecule has 3 rings (SSSR count). The molecule has 1 heterocycles. The monoisotopic (exact) mass is 350 g/mol. The van der Waals surface area contributed by atoms with Gasteiger partial charge in [0.15, 0.2) is 0 Å². The maximum atomic E-state index is 3.86. The largest absolute Gasteiger partial charge is 0.382 e. The number of hydrogen-bond acceptors (Lipinski definition) is 2. The van der Waals surface area contributed by atoms with Crippen LogP contribution < -0.4 is 10.6 Å². The van der Waals surface area contributed by atoms with E-state index in [-0.39, 0.29) is 0 Å². The van der Waals surface area contributed by atoms with Crippen molar-refractivity contribution in [3.05, 3.63) is 28.2 Å². The van der Waals surface area contributed by atoms with E-state index in [1.165, 1.54) is 67.2 Å². The molecule has 0 aromatic heterocycles. The molecular formula is C18H27BrN2. The minimum Gasteiger partial charge on any atom is -0.382 e. The topological polar surface area (TPSA) is 24.1 Å². The molecular weight excluding hydrogens is 324 g/mol. The van der Waals surface area contributed by atoms with Crippen molar-refractivity contribution in [3.63, 3.8) is 0 Å². The summed E-state index contributed by atoms with van der Waals surface area (Å²) in [5, 5.41) is 7.64. The third kappa shape index (κ3) is 3.81. The smallest absolute Gasteiger partial charge is 0.0372 e. The van der Waals surface area contributed by atoms with Gasteiger partial charge in [0.25, 0.3) is 0 Å². The Balaban J connectivity index is 1.71. The maximum Gasteiger partial charge on any atom is 0.0372 e. The van der Waals surface area contributed by atoms with Gasteiger partial charge in [-0.1, -0.05) is 35.2 Å². The van der Waals surface area contributed by atoms with E-state index in [1.807, 2.05) is 0 Å². The zero-order valence-corrected chi connectivity index (χ0v) is 14.6. The first-order chi connectivity index (χ1) is 10.2. The Morgan fingerprint density at radius 1 is 1.10 bits per heavy atom. The summed E-state index contributed by atoms with van der Waals surface area (Å²) in [7, 11) is 0. The molecule has 21 heavy (non-hydrogen) atoms. The first kappa shape index (κ1) is 15.4. The number of benzene rings is 1. The van der Waals surface area contributed by atoms with E-state index in [0.717, 1.165) is 12.0 Å². The van der Waals surface area contributed by atoms with Crippen molar-refractivity contribution < 1.29 is 0 Å². The Morgan fingerprint density at radius 3 is 2.67 bits per heavy atom. The second kappa shape index (κ2) is 7.15. The molecule has 0 radical (unpaired) electrons. The zero-order chi connectivity index (χ0) is 14.7. The number of anilines is 1. The van der Waals surface area contributed by atoms with E-state index in [9.17, 15) is 0 Å². The van der Waals surface area contributed by atoms with Crippen LogP contribution in [-0.2, 0) is 0 Å². The summed E-state index contributed by atoms with van der Waals surface area (Å²) in [5.74, 6) is 0.794. The molecule has 0 amide bonds. The third-order valence-corrected chi connectivity index (χ3v) is 5.71. The van der Waals surface area contributed by atoms with Gasteiger partial charge < -0.3 is 10.6 Å². The highest BCUT2D eigenvalue weighted by atomic mass is 79.9. The number of halogens is 1. The summed E-state index contributed by atoms with van der Waals surface area (Å²) in [6, 6.07) is 7.94. The number of hydrogen-bond donors (Lipinski definition) is 2. The van der Waals surface area contributed by atoms with Gasteiger partial charge in [0, 0.05) is 22.2 Å². The summed E-state index contributed by atoms with van der Waals surface area (Å²) in [6.07, 6.45) is 9.59. The Labute approximate surface area is 137 Å². The van der Waals surface area contributed by atoms with Gasteiger partial charge in [0.05, 0.1) is 0 Å². The van der Waals surface area contributed by atoms with E-state index in [0.29, 0.717) is 6.04 Å². The lowest BCUT2D eigenvalue weighted by Gasteiger charge is -2.40. The second-order valence-electron chi connectivity index (χ2n) is 6.71. The summed E-state index contributed by atoms with van der Waals surface area (Å²) < 4.78 is 1.17. The van der Waals surface area contributed by atoms with Crippen molar-refractivity contribution in [2.24, 2.45) is 5.92 Å². The molecule has 116 valence electrons. The molecule has 0 spiro atoms. The van der Waals surface area contributed by atoms with Crippen molar-refractivity contribution in [1.82, 2.24) is 5.32 Å². The van der Waals surface area contributed by atoms with Gasteiger partial charge in [-0.2, -0.15) is 0 Å². The van der Waals surface area contributed by atoms with Crippen LogP contribution >= 0.6 is 15.9 Å². The SMILES string of the molecule is Cc1cc(Br)ccc1NC1CCCCC1C1CCCCN1. The van der Waals surface area contributed by atoms with E-state index in [4.69, 9.17) is 0 Å². The predicted molar refractivity (Wildman–Crippen MR) is 93.9 cm³/mol. The molecule has 1 aliphatic carbocycles. The van der Waals surface area contributed by atoms with Crippen LogP contribution in [0, 0.1) is 12.8 Å². The number of piperidine rings is 1. The Bertz CT molecular complexity index is 468. The van der Waals surface area contributed by atoms with Crippen LogP contribution in [-0.4, -0.2) is 18.6 Å². The van der Waals surface area contributed by atoms with Gasteiger partial charge in [-0.3, -0.25) is 0 Å². The molecule has 3 atom stereocenters. The zero-order valence-electron chi connectivity index (χ0n) is 13.0. The first-order valence-corrected chi connectivity index (χ1v) is 9.29. The molecule has 2 nitrogen and oxygen atoms in total. The number of nitrogens with one attached hydrogen (secondary N) is 2. The van der Waals surface area contributed by atoms with Gasteiger partial charge in [-0.15, -0.1) is 0 Å². The van der Waals surface area contributed by atoms with Crippen LogP contribution in [0.4, 0.5) is 5.69 Å². The molecule has 3 heteroatoms. The van der Waals surface area contributed by atoms with E-state index in [1.54, 1.807) is 0 Å². The van der Waals surface area contributed by atoms with Crippen molar-refractivity contribution in [2.45, 2.75) is 64.0 Å². The summed E-state index contributed by atoms with van der Waals surface area (Å²) >= 11 is 3.56. The predicted octanol–water partition coefficient (Wildman–Crippen LogP) is 4.87. The van der Waals surface area contributed by atoms with Crippen LogP contribution in [0.15, 0.2) is 22.7 Å². The van der Waals surface area contributed by atoms with Crippen LogP contribution in [0.3, 0.4) is 0 Å². The first-order valence-electron chi connectivity index (χ1n) is 8.50. The molecule has 1 aromatic rings. The van der Waals surface area contributed by atoms with Crippen LogP contribution in [0.25, 0.3) is 0 Å². The molecule has 1 saturated heterocycles. The molecule has 1 aliphatic heterocycles. The average Bonchev–Trinajstić information content (AvgIpc) is 2.51. The normalized spacial score (nSPS) is 30.1. The van der Waals surface area contributed by atoms with Gasteiger partial charge in [-0.25, -0.2) is 0 Å². The van der Waals surface area contributed by atoms with Gasteiger partial charge in [0.1, 0.15) is 0 Å². The lowest BCUT2D eigenvalue weighted by Crippen LogP contribution is -2.48. The van der Waals surface area contributed by atoms with Crippen LogP contribution in [0.2, 0.25) is 0 Å². The molecule has 0 bridgehead atoms. The van der Waals surface area contributed by atoms with E-state index >= 15 is 0 Å². The quantitative estimate of drug-likeness (QED) is 0.812. The molecule has 2 fully saturated rings. The standard InChI is InChI=1S/C18H27BrN2/c1-13-12-14(19)9-10-16(13)21-18-8-3-2-6-15(18)17-7-4-5-11-20-17/h9-10,12,15,17-18,20-21H,2-8,11H2,1H3. The fourth-order valence-electron chi connectivity index (χ4n) is 4.05. The number of rotatable bonds is 3. The van der Waals surface area contributed by atoms with Crippen molar-refractivity contribution in [3.8, 4) is 0 Å². The fraction of sp³-hybridized carbons (Fsp3) is 0.667. The lowest BCUT2D eigenvalue weighted by molar-refractivity contribution is 0.217. The lowest BCUT2D eigenvalue weighted by atomic mass is 9.77. The minimum absolute atomic E-state index is 0.634. The summed E-state index contributed by atoms with van der Waals surface area (Å²) in [6.45, 7) is 3.41. The molecule has 3 unspecified atom stereocenters. The Kier molecular flexibility index (Phi) is 5.23. The van der Waals surface area contributed by atoms with Crippen molar-refractivity contribution >= 4 is 21.6 Å². The minimum atomic E-state index is 0.634. The Hall–Kier alpha value is -0.540. The molecule has 1 saturated carbocycles. The average molecular weight is 351 g/mol. The van der Waals surface area contributed by atoms with Gasteiger partial charge in [-0.05, 0) is 68.8 Å². The highest BCUT2D eigenvalue weighted by Crippen LogP contribution is 2.33.